The van der Waals surface area contributed by atoms with Gasteiger partial charge in [0, 0.05) is 0 Å². The number of fused-ring (bicyclic) bond motifs is 1. The minimum atomic E-state index is -0.0457. The molecule has 1 aliphatic carbocycles. The third-order valence-corrected chi connectivity index (χ3v) is 2.62. The number of aryl methyl sites for hydroxylation is 3. The average Bonchev–Trinajstić information content (AvgIpc) is 2.21. The van der Waals surface area contributed by atoms with Gasteiger partial charge in [-0.15, -0.1) is 0 Å². The van der Waals surface area contributed by atoms with Crippen LogP contribution in [0.2, 0.25) is 0 Å². The molecule has 0 atom stereocenters. The smallest absolute Gasteiger partial charge is 0.126 e. The van der Waals surface area contributed by atoms with Gasteiger partial charge in [-0.05, 0) is 55.4 Å². The lowest BCUT2D eigenvalue weighted by Crippen LogP contribution is -2.03. The van der Waals surface area contributed by atoms with Crippen molar-refractivity contribution < 1.29 is 4.39 Å². The van der Waals surface area contributed by atoms with Crippen LogP contribution >= 0.6 is 0 Å². The standard InChI is InChI=1S/C11H13F.C3H8/c1-8-6-9-4-2-3-5-10(9)7-11(8)12;1-3-2/h6-7H,2-5H2,1H3;3H2,1-2H3. The second kappa shape index (κ2) is 5.89. The molecule has 1 aromatic rings. The maximum atomic E-state index is 13.1. The highest BCUT2D eigenvalue weighted by Crippen LogP contribution is 2.23. The molecule has 15 heavy (non-hydrogen) atoms. The van der Waals surface area contributed by atoms with Crippen LogP contribution in [0.25, 0.3) is 0 Å². The Morgan fingerprint density at radius 2 is 1.53 bits per heavy atom. The molecule has 84 valence electrons. The number of halogens is 1. The SMILES string of the molecule is CCC.Cc1cc2c(cc1F)CCCC2. The Balaban J connectivity index is 0.000000337. The van der Waals surface area contributed by atoms with Crippen LogP contribution in [0.5, 0.6) is 0 Å². The van der Waals surface area contributed by atoms with Crippen molar-refractivity contribution in [3.63, 3.8) is 0 Å². The maximum Gasteiger partial charge on any atom is 0.126 e. The molecule has 1 aliphatic rings. The summed E-state index contributed by atoms with van der Waals surface area (Å²) in [5, 5.41) is 0. The summed E-state index contributed by atoms with van der Waals surface area (Å²) in [6.45, 7) is 6.09. The summed E-state index contributed by atoms with van der Waals surface area (Å²) in [6.07, 6.45) is 5.93. The van der Waals surface area contributed by atoms with E-state index in [0.717, 1.165) is 18.4 Å². The molecule has 0 fully saturated rings. The summed E-state index contributed by atoms with van der Waals surface area (Å²) < 4.78 is 13.1. The zero-order valence-corrected chi connectivity index (χ0v) is 10.1. The molecule has 0 saturated heterocycles. The first kappa shape index (κ1) is 12.2. The van der Waals surface area contributed by atoms with Crippen LogP contribution in [0.3, 0.4) is 0 Å². The molecule has 0 heterocycles. The fourth-order valence-electron chi connectivity index (χ4n) is 1.88. The van der Waals surface area contributed by atoms with E-state index in [9.17, 15) is 4.39 Å². The molecule has 0 N–H and O–H groups in total. The lowest BCUT2D eigenvalue weighted by molar-refractivity contribution is 0.605. The van der Waals surface area contributed by atoms with E-state index in [1.807, 2.05) is 13.0 Å². The van der Waals surface area contributed by atoms with Gasteiger partial charge in [-0.2, -0.15) is 0 Å². The Labute approximate surface area is 92.5 Å². The molecular weight excluding hydrogens is 187 g/mol. The van der Waals surface area contributed by atoms with E-state index < -0.39 is 0 Å². The monoisotopic (exact) mass is 208 g/mol. The van der Waals surface area contributed by atoms with Gasteiger partial charge in [-0.25, -0.2) is 4.39 Å². The molecule has 0 radical (unpaired) electrons. The van der Waals surface area contributed by atoms with E-state index >= 15 is 0 Å². The van der Waals surface area contributed by atoms with Crippen molar-refractivity contribution in [2.75, 3.05) is 0 Å². The predicted molar refractivity (Wildman–Crippen MR) is 63.7 cm³/mol. The van der Waals surface area contributed by atoms with Crippen LogP contribution < -0.4 is 0 Å². The van der Waals surface area contributed by atoms with Gasteiger partial charge in [0.2, 0.25) is 0 Å². The average molecular weight is 208 g/mol. The van der Waals surface area contributed by atoms with Crippen molar-refractivity contribution in [2.45, 2.75) is 52.9 Å². The first-order valence-electron chi connectivity index (χ1n) is 5.97. The van der Waals surface area contributed by atoms with Crippen LogP contribution in [-0.4, -0.2) is 0 Å². The third-order valence-electron chi connectivity index (χ3n) is 2.62. The van der Waals surface area contributed by atoms with Gasteiger partial charge < -0.3 is 0 Å². The zero-order valence-electron chi connectivity index (χ0n) is 10.1. The molecule has 0 aromatic heterocycles. The largest absolute Gasteiger partial charge is 0.207 e. The number of rotatable bonds is 0. The minimum absolute atomic E-state index is 0.0457. The summed E-state index contributed by atoms with van der Waals surface area (Å²) in [6, 6.07) is 3.72. The zero-order chi connectivity index (χ0) is 11.3. The maximum absolute atomic E-state index is 13.1. The first-order valence-corrected chi connectivity index (χ1v) is 5.97. The van der Waals surface area contributed by atoms with Crippen molar-refractivity contribution in [1.29, 1.82) is 0 Å². The molecule has 1 aromatic carbocycles. The fraction of sp³-hybridized carbons (Fsp3) is 0.571. The van der Waals surface area contributed by atoms with Gasteiger partial charge in [-0.3, -0.25) is 0 Å². The number of hydrogen-bond donors (Lipinski definition) is 0. The Bertz CT molecular complexity index is 284. The summed E-state index contributed by atoms with van der Waals surface area (Å²) in [7, 11) is 0. The molecule has 0 saturated carbocycles. The Hall–Kier alpha value is -0.850. The van der Waals surface area contributed by atoms with Crippen molar-refractivity contribution in [2.24, 2.45) is 0 Å². The highest BCUT2D eigenvalue weighted by atomic mass is 19.1. The van der Waals surface area contributed by atoms with Crippen molar-refractivity contribution in [3.8, 4) is 0 Å². The predicted octanol–water partition coefficient (Wildman–Crippen LogP) is 4.43. The Kier molecular flexibility index (Phi) is 4.80. The summed E-state index contributed by atoms with van der Waals surface area (Å²) in [5.41, 5.74) is 3.38. The molecule has 0 amide bonds. The Morgan fingerprint density at radius 1 is 1.07 bits per heavy atom. The third kappa shape index (κ3) is 3.33. The summed E-state index contributed by atoms with van der Waals surface area (Å²) in [5.74, 6) is -0.0457. The van der Waals surface area contributed by atoms with Gasteiger partial charge >= 0.3 is 0 Å². The van der Waals surface area contributed by atoms with E-state index in [1.54, 1.807) is 6.07 Å². The lowest BCUT2D eigenvalue weighted by atomic mass is 9.90. The minimum Gasteiger partial charge on any atom is -0.207 e. The highest BCUT2D eigenvalue weighted by Gasteiger charge is 2.10. The summed E-state index contributed by atoms with van der Waals surface area (Å²) in [4.78, 5) is 0. The molecular formula is C14H21F. The van der Waals surface area contributed by atoms with Gasteiger partial charge in [0.1, 0.15) is 5.82 Å². The topological polar surface area (TPSA) is 0 Å². The molecule has 0 aliphatic heterocycles. The molecule has 0 bridgehead atoms. The molecule has 2 rings (SSSR count). The van der Waals surface area contributed by atoms with Gasteiger partial charge in [-0.1, -0.05) is 26.3 Å². The second-order valence-corrected chi connectivity index (χ2v) is 4.28. The van der Waals surface area contributed by atoms with Crippen LogP contribution in [0.4, 0.5) is 4.39 Å². The quantitative estimate of drug-likeness (QED) is 0.591. The van der Waals surface area contributed by atoms with Crippen LogP contribution in [0, 0.1) is 12.7 Å². The highest BCUT2D eigenvalue weighted by molar-refractivity contribution is 5.34. The van der Waals surface area contributed by atoms with E-state index in [-0.39, 0.29) is 5.82 Å². The van der Waals surface area contributed by atoms with Crippen LogP contribution in [0.15, 0.2) is 12.1 Å². The van der Waals surface area contributed by atoms with Crippen molar-refractivity contribution >= 4 is 0 Å². The molecule has 0 nitrogen and oxygen atoms in total. The van der Waals surface area contributed by atoms with E-state index in [1.165, 1.54) is 30.4 Å². The number of benzene rings is 1. The van der Waals surface area contributed by atoms with Gasteiger partial charge in [0.15, 0.2) is 0 Å². The van der Waals surface area contributed by atoms with E-state index in [2.05, 4.69) is 13.8 Å². The van der Waals surface area contributed by atoms with Crippen LogP contribution in [0.1, 0.15) is 49.8 Å². The van der Waals surface area contributed by atoms with Gasteiger partial charge in [0.25, 0.3) is 0 Å². The summed E-state index contributed by atoms with van der Waals surface area (Å²) >= 11 is 0. The van der Waals surface area contributed by atoms with Crippen molar-refractivity contribution in [1.82, 2.24) is 0 Å². The molecule has 1 heteroatoms. The molecule has 0 unspecified atom stereocenters. The second-order valence-electron chi connectivity index (χ2n) is 4.28. The normalized spacial score (nSPS) is 13.9. The Morgan fingerprint density at radius 3 is 2.07 bits per heavy atom. The lowest BCUT2D eigenvalue weighted by Gasteiger charge is -2.16. The van der Waals surface area contributed by atoms with Crippen LogP contribution in [-0.2, 0) is 12.8 Å². The number of hydrogen-bond acceptors (Lipinski definition) is 0. The first-order chi connectivity index (χ1) is 7.19. The van der Waals surface area contributed by atoms with E-state index in [0.29, 0.717) is 0 Å². The fourth-order valence-corrected chi connectivity index (χ4v) is 1.88. The van der Waals surface area contributed by atoms with E-state index in [4.69, 9.17) is 0 Å². The van der Waals surface area contributed by atoms with Crippen molar-refractivity contribution in [3.05, 3.63) is 34.6 Å². The van der Waals surface area contributed by atoms with Gasteiger partial charge in [0.05, 0.1) is 0 Å². The molecule has 0 spiro atoms.